The Labute approximate surface area is 75.6 Å². The fraction of sp³-hybridized carbons (Fsp3) is 0.0909. The molecular weight excluding hydrogens is 160 g/mol. The van der Waals surface area contributed by atoms with Gasteiger partial charge >= 0.3 is 0 Å². The molecule has 0 heterocycles. The Balaban J connectivity index is 2.91. The first kappa shape index (κ1) is 7.56. The standard InChI is InChI=1S/C11H12Si/c1-8-6-7-9-4-2-3-5-10(9)11(8)12/h2-7H,1,12H3. The normalized spacial score (nSPS) is 10.8. The average Bonchev–Trinajstić information content (AvgIpc) is 2.12. The average molecular weight is 172 g/mol. The molecule has 2 aromatic rings. The molecule has 0 aliphatic heterocycles. The van der Waals surface area contributed by atoms with Gasteiger partial charge in [0.05, 0.1) is 0 Å². The Kier molecular flexibility index (Phi) is 1.74. The zero-order valence-corrected chi connectivity index (χ0v) is 9.46. The lowest BCUT2D eigenvalue weighted by Gasteiger charge is -2.04. The van der Waals surface area contributed by atoms with Crippen LogP contribution in [-0.2, 0) is 0 Å². The topological polar surface area (TPSA) is 0 Å². The molecular formula is C11H12Si. The van der Waals surface area contributed by atoms with E-state index in [1.165, 1.54) is 21.5 Å². The van der Waals surface area contributed by atoms with Gasteiger partial charge in [-0.25, -0.2) is 0 Å². The molecule has 0 saturated heterocycles. The molecule has 2 aromatic carbocycles. The summed E-state index contributed by atoms with van der Waals surface area (Å²) in [6.07, 6.45) is 0. The van der Waals surface area contributed by atoms with Crippen molar-refractivity contribution in [2.24, 2.45) is 0 Å². The van der Waals surface area contributed by atoms with Crippen molar-refractivity contribution < 1.29 is 0 Å². The van der Waals surface area contributed by atoms with Crippen LogP contribution in [0, 0.1) is 6.92 Å². The maximum absolute atomic E-state index is 2.21. The molecule has 0 radical (unpaired) electrons. The van der Waals surface area contributed by atoms with Gasteiger partial charge in [-0.2, -0.15) is 0 Å². The first-order valence-electron chi connectivity index (χ1n) is 4.24. The maximum Gasteiger partial charge on any atom is 0.0396 e. The monoisotopic (exact) mass is 172 g/mol. The molecule has 0 aliphatic rings. The molecule has 60 valence electrons. The smallest absolute Gasteiger partial charge is 0.0396 e. The zero-order chi connectivity index (χ0) is 8.55. The van der Waals surface area contributed by atoms with E-state index in [-0.39, 0.29) is 0 Å². The fourth-order valence-electron chi connectivity index (χ4n) is 1.54. The number of hydrogen-bond acceptors (Lipinski definition) is 0. The third-order valence-corrected chi connectivity index (χ3v) is 3.80. The highest BCUT2D eigenvalue weighted by molar-refractivity contribution is 6.39. The zero-order valence-electron chi connectivity index (χ0n) is 7.46. The van der Waals surface area contributed by atoms with Gasteiger partial charge in [0.25, 0.3) is 0 Å². The largest absolute Gasteiger partial charge is 0.0616 e. The van der Waals surface area contributed by atoms with Crippen LogP contribution in [0.3, 0.4) is 0 Å². The summed E-state index contributed by atoms with van der Waals surface area (Å²) in [5.41, 5.74) is 1.43. The summed E-state index contributed by atoms with van der Waals surface area (Å²) in [7, 11) is 1.14. The minimum atomic E-state index is 1.14. The molecule has 0 spiro atoms. The molecule has 0 atom stereocenters. The van der Waals surface area contributed by atoms with Crippen molar-refractivity contribution >= 4 is 26.2 Å². The van der Waals surface area contributed by atoms with Crippen LogP contribution < -0.4 is 5.19 Å². The number of hydrogen-bond donors (Lipinski definition) is 0. The van der Waals surface area contributed by atoms with E-state index in [0.29, 0.717) is 0 Å². The lowest BCUT2D eigenvalue weighted by molar-refractivity contribution is 1.54. The van der Waals surface area contributed by atoms with Crippen LogP contribution in [0.2, 0.25) is 0 Å². The van der Waals surface area contributed by atoms with Gasteiger partial charge < -0.3 is 0 Å². The quantitative estimate of drug-likeness (QED) is 0.523. The second kappa shape index (κ2) is 2.76. The SMILES string of the molecule is Cc1ccc2ccccc2c1[SiH3]. The molecule has 0 unspecified atom stereocenters. The Hall–Kier alpha value is -1.08. The highest BCUT2D eigenvalue weighted by atomic mass is 28.1. The van der Waals surface area contributed by atoms with E-state index in [1.54, 1.807) is 0 Å². The Morgan fingerprint density at radius 3 is 2.58 bits per heavy atom. The molecule has 0 nitrogen and oxygen atoms in total. The van der Waals surface area contributed by atoms with Gasteiger partial charge in [0.15, 0.2) is 0 Å². The minimum Gasteiger partial charge on any atom is -0.0616 e. The number of rotatable bonds is 0. The highest BCUT2D eigenvalue weighted by Crippen LogP contribution is 2.11. The summed E-state index contributed by atoms with van der Waals surface area (Å²) in [5, 5.41) is 4.34. The predicted molar refractivity (Wildman–Crippen MR) is 58.3 cm³/mol. The Morgan fingerprint density at radius 1 is 1.00 bits per heavy atom. The van der Waals surface area contributed by atoms with Crippen LogP contribution in [0.15, 0.2) is 36.4 Å². The molecule has 0 saturated carbocycles. The van der Waals surface area contributed by atoms with E-state index in [0.717, 1.165) is 10.2 Å². The molecule has 0 amide bonds. The maximum atomic E-state index is 2.21. The van der Waals surface area contributed by atoms with Crippen molar-refractivity contribution in [3.8, 4) is 0 Å². The van der Waals surface area contributed by atoms with Crippen molar-refractivity contribution in [3.05, 3.63) is 42.0 Å². The van der Waals surface area contributed by atoms with Crippen molar-refractivity contribution in [3.63, 3.8) is 0 Å². The van der Waals surface area contributed by atoms with E-state index in [4.69, 9.17) is 0 Å². The number of aryl methyl sites for hydroxylation is 1. The lowest BCUT2D eigenvalue weighted by Crippen LogP contribution is -2.07. The van der Waals surface area contributed by atoms with E-state index in [9.17, 15) is 0 Å². The third kappa shape index (κ3) is 1.06. The van der Waals surface area contributed by atoms with E-state index in [2.05, 4.69) is 43.3 Å². The molecule has 0 aromatic heterocycles. The summed E-state index contributed by atoms with van der Waals surface area (Å²) in [5.74, 6) is 0. The molecule has 2 rings (SSSR count). The fourth-order valence-corrected chi connectivity index (χ4v) is 2.16. The summed E-state index contributed by atoms with van der Waals surface area (Å²) in [6, 6.07) is 13.0. The number of fused-ring (bicyclic) bond motifs is 1. The second-order valence-corrected chi connectivity index (χ2v) is 4.23. The first-order chi connectivity index (χ1) is 5.79. The second-order valence-electron chi connectivity index (χ2n) is 3.23. The first-order valence-corrected chi connectivity index (χ1v) is 5.24. The Morgan fingerprint density at radius 2 is 1.75 bits per heavy atom. The van der Waals surface area contributed by atoms with Crippen molar-refractivity contribution in [2.75, 3.05) is 0 Å². The van der Waals surface area contributed by atoms with Gasteiger partial charge in [-0.3, -0.25) is 0 Å². The van der Waals surface area contributed by atoms with Crippen LogP contribution in [0.1, 0.15) is 5.56 Å². The van der Waals surface area contributed by atoms with Gasteiger partial charge in [0, 0.05) is 10.2 Å². The van der Waals surface area contributed by atoms with Crippen LogP contribution >= 0.6 is 0 Å². The van der Waals surface area contributed by atoms with Crippen LogP contribution in [0.25, 0.3) is 10.8 Å². The van der Waals surface area contributed by atoms with Crippen molar-refractivity contribution in [1.29, 1.82) is 0 Å². The molecule has 0 N–H and O–H groups in total. The van der Waals surface area contributed by atoms with Gasteiger partial charge in [-0.05, 0) is 17.7 Å². The van der Waals surface area contributed by atoms with Gasteiger partial charge in [-0.1, -0.05) is 47.1 Å². The third-order valence-electron chi connectivity index (χ3n) is 2.47. The van der Waals surface area contributed by atoms with Crippen molar-refractivity contribution in [1.82, 2.24) is 0 Å². The lowest BCUT2D eigenvalue weighted by atomic mass is 10.1. The van der Waals surface area contributed by atoms with E-state index >= 15 is 0 Å². The Bertz CT molecular complexity index is 418. The predicted octanol–water partition coefficient (Wildman–Crippen LogP) is 1.14. The van der Waals surface area contributed by atoms with E-state index < -0.39 is 0 Å². The minimum absolute atomic E-state index is 1.14. The highest BCUT2D eigenvalue weighted by Gasteiger charge is 1.97. The summed E-state index contributed by atoms with van der Waals surface area (Å²) < 4.78 is 0. The molecule has 1 heteroatoms. The summed E-state index contributed by atoms with van der Waals surface area (Å²) in [6.45, 7) is 2.19. The van der Waals surface area contributed by atoms with Gasteiger partial charge in [0.2, 0.25) is 0 Å². The summed E-state index contributed by atoms with van der Waals surface area (Å²) in [4.78, 5) is 0. The van der Waals surface area contributed by atoms with Crippen LogP contribution in [0.5, 0.6) is 0 Å². The molecule has 0 fully saturated rings. The molecule has 0 aliphatic carbocycles. The van der Waals surface area contributed by atoms with Gasteiger partial charge in [0.1, 0.15) is 0 Å². The van der Waals surface area contributed by atoms with Crippen LogP contribution in [0.4, 0.5) is 0 Å². The molecule has 0 bridgehead atoms. The summed E-state index contributed by atoms with van der Waals surface area (Å²) >= 11 is 0. The van der Waals surface area contributed by atoms with Gasteiger partial charge in [-0.15, -0.1) is 0 Å². The van der Waals surface area contributed by atoms with Crippen LogP contribution in [-0.4, -0.2) is 10.2 Å². The van der Waals surface area contributed by atoms with Crippen molar-refractivity contribution in [2.45, 2.75) is 6.92 Å². The van der Waals surface area contributed by atoms with E-state index in [1.807, 2.05) is 0 Å². The molecule has 12 heavy (non-hydrogen) atoms. The number of benzene rings is 2.